The molecular formula is C22H23ClN4O3. The highest BCUT2D eigenvalue weighted by atomic mass is 35.5. The zero-order valence-corrected chi connectivity index (χ0v) is 17.6. The number of ether oxygens (including phenoxy) is 1. The van der Waals surface area contributed by atoms with Gasteiger partial charge in [-0.3, -0.25) is 4.79 Å². The number of carbonyl (C=O) groups excluding carboxylic acids is 1. The number of amides is 1. The minimum atomic E-state index is 0.0213. The number of morpholine rings is 1. The number of hydrogen-bond acceptors (Lipinski definition) is 6. The van der Waals surface area contributed by atoms with Crippen molar-refractivity contribution >= 4 is 23.2 Å². The summed E-state index contributed by atoms with van der Waals surface area (Å²) in [5, 5.41) is 7.89. The number of benzene rings is 2. The Hall–Kier alpha value is -2.90. The first-order valence-corrected chi connectivity index (χ1v) is 10.2. The number of hydrogen-bond donors (Lipinski definition) is 1. The van der Waals surface area contributed by atoms with Crippen LogP contribution in [0.3, 0.4) is 0 Å². The van der Waals surface area contributed by atoms with E-state index in [1.165, 1.54) is 0 Å². The quantitative estimate of drug-likeness (QED) is 0.656. The molecule has 2 atom stereocenters. The van der Waals surface area contributed by atoms with E-state index in [9.17, 15) is 4.79 Å². The second-order valence-corrected chi connectivity index (χ2v) is 7.85. The maximum absolute atomic E-state index is 12.7. The van der Waals surface area contributed by atoms with Crippen molar-refractivity contribution in [3.8, 4) is 11.4 Å². The minimum Gasteiger partial charge on any atom is -0.376 e. The maximum Gasteiger partial charge on any atom is 0.254 e. The lowest BCUT2D eigenvalue weighted by molar-refractivity contribution is -0.0586. The van der Waals surface area contributed by atoms with E-state index in [0.29, 0.717) is 41.9 Å². The fraction of sp³-hybridized carbons (Fsp3) is 0.318. The van der Waals surface area contributed by atoms with Gasteiger partial charge in [-0.2, -0.15) is 4.98 Å². The zero-order valence-electron chi connectivity index (χ0n) is 16.8. The van der Waals surface area contributed by atoms with Crippen LogP contribution in [0.15, 0.2) is 53.1 Å². The first-order chi connectivity index (χ1) is 14.5. The molecule has 1 aliphatic rings. The summed E-state index contributed by atoms with van der Waals surface area (Å²) in [5.74, 6) is 1.00. The first kappa shape index (κ1) is 20.4. The monoisotopic (exact) mass is 426 g/mol. The Morgan fingerprint density at radius 3 is 2.43 bits per heavy atom. The summed E-state index contributed by atoms with van der Waals surface area (Å²) >= 11 is 5.91. The van der Waals surface area contributed by atoms with Gasteiger partial charge in [-0.05, 0) is 62.4 Å². The van der Waals surface area contributed by atoms with Crippen LogP contribution in [-0.4, -0.2) is 46.2 Å². The molecule has 1 saturated heterocycles. The van der Waals surface area contributed by atoms with Crippen molar-refractivity contribution in [2.24, 2.45) is 0 Å². The molecule has 2 heterocycles. The number of carbonyl (C=O) groups is 1. The van der Waals surface area contributed by atoms with Gasteiger partial charge in [0, 0.05) is 34.9 Å². The summed E-state index contributed by atoms with van der Waals surface area (Å²) in [6.45, 7) is 5.57. The third-order valence-electron chi connectivity index (χ3n) is 4.85. The molecule has 1 amide bonds. The van der Waals surface area contributed by atoms with Gasteiger partial charge in [-0.1, -0.05) is 16.8 Å². The van der Waals surface area contributed by atoms with Crippen LogP contribution in [0.4, 0.5) is 5.69 Å². The zero-order chi connectivity index (χ0) is 21.1. The molecule has 0 saturated carbocycles. The molecule has 1 fully saturated rings. The standard InChI is InChI=1S/C22H23ClN4O3/c1-14-12-27(13-15(2)29-14)22(28)17-5-9-19(10-6-17)24-11-20-25-21(26-30-20)16-3-7-18(23)8-4-16/h3-10,14-15,24H,11-13H2,1-2H3/t14-,15-/m1/s1. The normalized spacial score (nSPS) is 19.0. The molecule has 1 N–H and O–H groups in total. The highest BCUT2D eigenvalue weighted by Crippen LogP contribution is 2.20. The summed E-state index contributed by atoms with van der Waals surface area (Å²) in [5.41, 5.74) is 2.36. The number of rotatable bonds is 5. The van der Waals surface area contributed by atoms with E-state index < -0.39 is 0 Å². The molecule has 2 aromatic carbocycles. The van der Waals surface area contributed by atoms with Crippen LogP contribution in [0, 0.1) is 0 Å². The van der Waals surface area contributed by atoms with Gasteiger partial charge in [0.25, 0.3) is 5.91 Å². The van der Waals surface area contributed by atoms with E-state index in [1.54, 1.807) is 12.1 Å². The minimum absolute atomic E-state index is 0.0213. The van der Waals surface area contributed by atoms with Gasteiger partial charge >= 0.3 is 0 Å². The summed E-state index contributed by atoms with van der Waals surface area (Å²) in [6, 6.07) is 14.6. The number of anilines is 1. The molecule has 1 aromatic heterocycles. The Bertz CT molecular complexity index is 994. The SMILES string of the molecule is C[C@@H]1CN(C(=O)c2ccc(NCc3nc(-c4ccc(Cl)cc4)no3)cc2)C[C@@H](C)O1. The van der Waals surface area contributed by atoms with E-state index in [0.717, 1.165) is 11.3 Å². The van der Waals surface area contributed by atoms with Gasteiger partial charge in [0.05, 0.1) is 18.8 Å². The van der Waals surface area contributed by atoms with Gasteiger partial charge in [-0.15, -0.1) is 0 Å². The van der Waals surface area contributed by atoms with Crippen LogP contribution in [0.2, 0.25) is 5.02 Å². The van der Waals surface area contributed by atoms with Crippen molar-refractivity contribution < 1.29 is 14.1 Å². The molecule has 8 heteroatoms. The predicted octanol–water partition coefficient (Wildman–Crippen LogP) is 4.25. The van der Waals surface area contributed by atoms with Crippen LogP contribution in [-0.2, 0) is 11.3 Å². The molecule has 3 aromatic rings. The van der Waals surface area contributed by atoms with E-state index in [1.807, 2.05) is 55.1 Å². The highest BCUT2D eigenvalue weighted by Gasteiger charge is 2.26. The number of nitrogens with one attached hydrogen (secondary N) is 1. The Labute approximate surface area is 180 Å². The highest BCUT2D eigenvalue weighted by molar-refractivity contribution is 6.30. The number of halogens is 1. The summed E-state index contributed by atoms with van der Waals surface area (Å²) in [4.78, 5) is 19.0. The van der Waals surface area contributed by atoms with Crippen molar-refractivity contribution in [1.29, 1.82) is 0 Å². The molecule has 156 valence electrons. The van der Waals surface area contributed by atoms with Gasteiger partial charge < -0.3 is 19.5 Å². The lowest BCUT2D eigenvalue weighted by Crippen LogP contribution is -2.48. The fourth-order valence-electron chi connectivity index (χ4n) is 3.48. The topological polar surface area (TPSA) is 80.5 Å². The van der Waals surface area contributed by atoms with Crippen molar-refractivity contribution in [2.45, 2.75) is 32.6 Å². The number of nitrogens with zero attached hydrogens (tertiary/aromatic N) is 3. The molecule has 0 radical (unpaired) electrons. The molecule has 7 nitrogen and oxygen atoms in total. The summed E-state index contributed by atoms with van der Waals surface area (Å²) < 4.78 is 11.0. The van der Waals surface area contributed by atoms with Crippen molar-refractivity contribution in [2.75, 3.05) is 18.4 Å². The van der Waals surface area contributed by atoms with Crippen LogP contribution >= 0.6 is 11.6 Å². The number of aromatic nitrogens is 2. The fourth-order valence-corrected chi connectivity index (χ4v) is 3.60. The van der Waals surface area contributed by atoms with Gasteiger partial charge in [0.15, 0.2) is 0 Å². The largest absolute Gasteiger partial charge is 0.376 e. The van der Waals surface area contributed by atoms with Gasteiger partial charge in [-0.25, -0.2) is 0 Å². The Balaban J connectivity index is 1.35. The van der Waals surface area contributed by atoms with Crippen molar-refractivity contribution in [3.63, 3.8) is 0 Å². The predicted molar refractivity (Wildman–Crippen MR) is 114 cm³/mol. The van der Waals surface area contributed by atoms with Gasteiger partial charge in [0.2, 0.25) is 11.7 Å². The maximum atomic E-state index is 12.7. The second-order valence-electron chi connectivity index (χ2n) is 7.42. The average molecular weight is 427 g/mol. The summed E-state index contributed by atoms with van der Waals surface area (Å²) in [6.07, 6.45) is 0.0941. The van der Waals surface area contributed by atoms with E-state index in [4.69, 9.17) is 20.9 Å². The van der Waals surface area contributed by atoms with Crippen molar-refractivity contribution in [1.82, 2.24) is 15.0 Å². The molecule has 0 aliphatic carbocycles. The first-order valence-electron chi connectivity index (χ1n) is 9.85. The third kappa shape index (κ3) is 4.80. The molecule has 1 aliphatic heterocycles. The van der Waals surface area contributed by atoms with E-state index >= 15 is 0 Å². The smallest absolute Gasteiger partial charge is 0.254 e. The van der Waals surface area contributed by atoms with Crippen LogP contribution in [0.1, 0.15) is 30.1 Å². The third-order valence-corrected chi connectivity index (χ3v) is 5.10. The second kappa shape index (κ2) is 8.85. The van der Waals surface area contributed by atoms with Gasteiger partial charge in [0.1, 0.15) is 0 Å². The van der Waals surface area contributed by atoms with Crippen molar-refractivity contribution in [3.05, 3.63) is 65.0 Å². The Morgan fingerprint density at radius 2 is 1.77 bits per heavy atom. The van der Waals surface area contributed by atoms with E-state index in [2.05, 4.69) is 15.5 Å². The molecule has 30 heavy (non-hydrogen) atoms. The Morgan fingerprint density at radius 1 is 1.10 bits per heavy atom. The van der Waals surface area contributed by atoms with Crippen LogP contribution in [0.5, 0.6) is 0 Å². The molecule has 4 rings (SSSR count). The molecular weight excluding hydrogens is 404 g/mol. The average Bonchev–Trinajstić information content (AvgIpc) is 3.21. The lowest BCUT2D eigenvalue weighted by Gasteiger charge is -2.35. The molecule has 0 bridgehead atoms. The lowest BCUT2D eigenvalue weighted by atomic mass is 10.1. The molecule has 0 spiro atoms. The van der Waals surface area contributed by atoms with Crippen LogP contribution in [0.25, 0.3) is 11.4 Å². The Kier molecular flexibility index (Phi) is 6.01. The molecule has 0 unspecified atom stereocenters. The van der Waals surface area contributed by atoms with Crippen LogP contribution < -0.4 is 5.32 Å². The summed E-state index contributed by atoms with van der Waals surface area (Å²) in [7, 11) is 0. The van der Waals surface area contributed by atoms with E-state index in [-0.39, 0.29) is 18.1 Å².